The van der Waals surface area contributed by atoms with Crippen molar-refractivity contribution in [2.75, 3.05) is 11.5 Å². The van der Waals surface area contributed by atoms with Crippen LogP contribution in [-0.2, 0) is 0 Å². The molecule has 106 valence electrons. The molecule has 0 radical (unpaired) electrons. The van der Waals surface area contributed by atoms with Gasteiger partial charge in [-0.25, -0.2) is 0 Å². The van der Waals surface area contributed by atoms with E-state index in [0.717, 1.165) is 25.0 Å². The first-order valence-electron chi connectivity index (χ1n) is 7.02. The zero-order valence-corrected chi connectivity index (χ0v) is 12.3. The Morgan fingerprint density at radius 1 is 1.25 bits per heavy atom. The molecule has 3 rings (SSSR count). The number of hydrogen-bond acceptors (Lipinski definition) is 4. The van der Waals surface area contributed by atoms with E-state index in [-0.39, 0.29) is 17.9 Å². The maximum Gasteiger partial charge on any atom is 0.261 e. The van der Waals surface area contributed by atoms with Crippen LogP contribution in [0.1, 0.15) is 46.9 Å². The van der Waals surface area contributed by atoms with Gasteiger partial charge in [-0.05, 0) is 36.8 Å². The Balaban J connectivity index is 1.93. The molecule has 0 aromatic heterocycles. The van der Waals surface area contributed by atoms with E-state index in [4.69, 9.17) is 5.73 Å². The first-order chi connectivity index (χ1) is 9.63. The number of benzene rings is 1. The molecule has 4 nitrogen and oxygen atoms in total. The molecule has 2 aliphatic rings. The summed E-state index contributed by atoms with van der Waals surface area (Å²) in [6.45, 7) is 2.11. The minimum atomic E-state index is -0.175. The number of carbonyl (C=O) groups is 2. The van der Waals surface area contributed by atoms with Crippen LogP contribution in [0.5, 0.6) is 0 Å². The number of fused-ring (bicyclic) bond motifs is 1. The molecular weight excluding hydrogens is 272 g/mol. The van der Waals surface area contributed by atoms with Gasteiger partial charge >= 0.3 is 0 Å². The van der Waals surface area contributed by atoms with Crippen molar-refractivity contribution in [2.24, 2.45) is 0 Å². The van der Waals surface area contributed by atoms with Crippen LogP contribution in [0.4, 0.5) is 5.69 Å². The van der Waals surface area contributed by atoms with Gasteiger partial charge in [-0.1, -0.05) is 13.3 Å². The minimum absolute atomic E-state index is 0.0357. The monoisotopic (exact) mass is 290 g/mol. The fraction of sp³-hybridized carbons (Fsp3) is 0.467. The molecule has 2 atom stereocenters. The highest BCUT2D eigenvalue weighted by Gasteiger charge is 2.44. The Kier molecular flexibility index (Phi) is 3.46. The first kappa shape index (κ1) is 13.5. The van der Waals surface area contributed by atoms with E-state index < -0.39 is 0 Å². The Labute approximate surface area is 122 Å². The third kappa shape index (κ3) is 2.00. The smallest absolute Gasteiger partial charge is 0.261 e. The summed E-state index contributed by atoms with van der Waals surface area (Å²) in [5.74, 6) is 0.682. The molecule has 0 spiro atoms. The molecule has 5 heteroatoms. The molecule has 0 bridgehead atoms. The first-order valence-corrected chi connectivity index (χ1v) is 8.07. The van der Waals surface area contributed by atoms with Crippen LogP contribution < -0.4 is 5.73 Å². The molecule has 20 heavy (non-hydrogen) atoms. The number of rotatable bonds is 3. The van der Waals surface area contributed by atoms with E-state index in [9.17, 15) is 9.59 Å². The van der Waals surface area contributed by atoms with Gasteiger partial charge in [-0.3, -0.25) is 14.5 Å². The van der Waals surface area contributed by atoms with E-state index >= 15 is 0 Å². The summed E-state index contributed by atoms with van der Waals surface area (Å²) < 4.78 is 0. The van der Waals surface area contributed by atoms with Crippen molar-refractivity contribution in [3.05, 3.63) is 29.3 Å². The van der Waals surface area contributed by atoms with Crippen molar-refractivity contribution in [3.8, 4) is 0 Å². The number of nitrogens with zero attached hydrogens (tertiary/aromatic N) is 1. The summed E-state index contributed by atoms with van der Waals surface area (Å²) in [5, 5.41) is 0.375. The highest BCUT2D eigenvalue weighted by Crippen LogP contribution is 2.37. The average molecular weight is 290 g/mol. The van der Waals surface area contributed by atoms with Crippen molar-refractivity contribution < 1.29 is 9.59 Å². The molecule has 2 unspecified atom stereocenters. The van der Waals surface area contributed by atoms with Gasteiger partial charge in [0.2, 0.25) is 0 Å². The quantitative estimate of drug-likeness (QED) is 0.686. The van der Waals surface area contributed by atoms with E-state index in [2.05, 4.69) is 6.92 Å². The van der Waals surface area contributed by atoms with E-state index in [1.54, 1.807) is 18.2 Å². The van der Waals surface area contributed by atoms with Gasteiger partial charge in [0.25, 0.3) is 11.8 Å². The van der Waals surface area contributed by atoms with Crippen LogP contribution in [0.25, 0.3) is 0 Å². The number of thioether (sulfide) groups is 1. The van der Waals surface area contributed by atoms with Crippen LogP contribution in [-0.4, -0.2) is 33.8 Å². The molecule has 1 heterocycles. The molecule has 1 aliphatic heterocycles. The molecule has 0 saturated heterocycles. The fourth-order valence-electron chi connectivity index (χ4n) is 3.19. The summed E-state index contributed by atoms with van der Waals surface area (Å²) in [6, 6.07) is 5.00. The van der Waals surface area contributed by atoms with Gasteiger partial charge in [0.05, 0.1) is 17.2 Å². The number of hydrogen-bond donors (Lipinski definition) is 1. The zero-order chi connectivity index (χ0) is 14.3. The number of amides is 2. The topological polar surface area (TPSA) is 63.4 Å². The molecule has 1 aromatic carbocycles. The minimum Gasteiger partial charge on any atom is -0.399 e. The molecular formula is C15H18N2O2S. The van der Waals surface area contributed by atoms with Gasteiger partial charge in [-0.2, -0.15) is 11.8 Å². The van der Waals surface area contributed by atoms with Gasteiger partial charge < -0.3 is 5.73 Å². The maximum atomic E-state index is 12.5. The Morgan fingerprint density at radius 3 is 2.75 bits per heavy atom. The van der Waals surface area contributed by atoms with Crippen molar-refractivity contribution in [1.29, 1.82) is 0 Å². The number of imide groups is 1. The lowest BCUT2D eigenvalue weighted by molar-refractivity contribution is 0.0591. The zero-order valence-electron chi connectivity index (χ0n) is 11.5. The second-order valence-electron chi connectivity index (χ2n) is 5.28. The van der Waals surface area contributed by atoms with Crippen LogP contribution in [0.15, 0.2) is 18.2 Å². The van der Waals surface area contributed by atoms with Crippen molar-refractivity contribution >= 4 is 29.3 Å². The van der Waals surface area contributed by atoms with Gasteiger partial charge in [-0.15, -0.1) is 0 Å². The summed E-state index contributed by atoms with van der Waals surface area (Å²) in [4.78, 5) is 26.5. The lowest BCUT2D eigenvalue weighted by Gasteiger charge is -2.27. The van der Waals surface area contributed by atoms with Crippen LogP contribution in [0.2, 0.25) is 0 Å². The molecule has 1 saturated carbocycles. The average Bonchev–Trinajstić information content (AvgIpc) is 2.95. The fourth-order valence-corrected chi connectivity index (χ4v) is 4.43. The van der Waals surface area contributed by atoms with E-state index in [1.807, 2.05) is 11.8 Å². The highest BCUT2D eigenvalue weighted by molar-refractivity contribution is 7.99. The molecule has 1 aromatic rings. The summed E-state index contributed by atoms with van der Waals surface area (Å²) in [6.07, 6.45) is 3.08. The normalized spacial score (nSPS) is 25.4. The molecule has 2 N–H and O–H groups in total. The van der Waals surface area contributed by atoms with Gasteiger partial charge in [0.1, 0.15) is 0 Å². The molecule has 1 fully saturated rings. The number of anilines is 1. The summed E-state index contributed by atoms with van der Waals surface area (Å²) in [5.41, 5.74) is 7.21. The van der Waals surface area contributed by atoms with Crippen LogP contribution >= 0.6 is 11.8 Å². The summed E-state index contributed by atoms with van der Waals surface area (Å²) in [7, 11) is 0. The Hall–Kier alpha value is -1.49. The second-order valence-corrected chi connectivity index (χ2v) is 6.79. The van der Waals surface area contributed by atoms with E-state index in [1.165, 1.54) is 4.90 Å². The standard InChI is InChI=1S/C15H18N2O2S/c1-2-20-13-5-3-4-12(13)17-14(18)10-7-6-9(16)8-11(10)15(17)19/h6-8,12-13H,2-5,16H2,1H3. The summed E-state index contributed by atoms with van der Waals surface area (Å²) >= 11 is 1.85. The van der Waals surface area contributed by atoms with Gasteiger partial charge in [0, 0.05) is 10.9 Å². The maximum absolute atomic E-state index is 12.5. The van der Waals surface area contributed by atoms with E-state index in [0.29, 0.717) is 22.1 Å². The van der Waals surface area contributed by atoms with Crippen molar-refractivity contribution in [2.45, 2.75) is 37.5 Å². The predicted molar refractivity (Wildman–Crippen MR) is 80.9 cm³/mol. The SMILES string of the molecule is CCSC1CCCC1N1C(=O)c2ccc(N)cc2C1=O. The predicted octanol–water partition coefficient (Wildman–Crippen LogP) is 2.54. The van der Waals surface area contributed by atoms with Crippen molar-refractivity contribution in [1.82, 2.24) is 4.90 Å². The second kappa shape index (κ2) is 5.13. The third-order valence-electron chi connectivity index (χ3n) is 4.07. The largest absolute Gasteiger partial charge is 0.399 e. The van der Waals surface area contributed by atoms with Crippen LogP contribution in [0.3, 0.4) is 0 Å². The number of carbonyl (C=O) groups excluding carboxylic acids is 2. The third-order valence-corrected chi connectivity index (χ3v) is 5.38. The lowest BCUT2D eigenvalue weighted by Crippen LogP contribution is -2.43. The number of nitrogen functional groups attached to an aromatic ring is 1. The van der Waals surface area contributed by atoms with Gasteiger partial charge in [0.15, 0.2) is 0 Å². The lowest BCUT2D eigenvalue weighted by atomic mass is 10.1. The number of nitrogens with two attached hydrogens (primary N) is 1. The van der Waals surface area contributed by atoms with Crippen molar-refractivity contribution in [3.63, 3.8) is 0 Å². The molecule has 2 amide bonds. The Bertz CT molecular complexity index is 573. The highest BCUT2D eigenvalue weighted by atomic mass is 32.2. The van der Waals surface area contributed by atoms with Crippen LogP contribution in [0, 0.1) is 0 Å². The Morgan fingerprint density at radius 2 is 2.00 bits per heavy atom. The molecule has 1 aliphatic carbocycles.